The van der Waals surface area contributed by atoms with Crippen molar-refractivity contribution in [3.63, 3.8) is 0 Å². The molecule has 5 heteroatoms. The third-order valence-electron chi connectivity index (χ3n) is 2.84. The van der Waals surface area contributed by atoms with Crippen LogP contribution in [0, 0.1) is 3.57 Å². The molecule has 1 aromatic heterocycles. The molecule has 1 N–H and O–H groups in total. The first-order valence-electron chi connectivity index (χ1n) is 5.76. The van der Waals surface area contributed by atoms with Crippen LogP contribution in [0.5, 0.6) is 0 Å². The van der Waals surface area contributed by atoms with Crippen molar-refractivity contribution in [1.29, 1.82) is 0 Å². The Kier molecular flexibility index (Phi) is 3.07. The summed E-state index contributed by atoms with van der Waals surface area (Å²) < 4.78 is 6.28. The summed E-state index contributed by atoms with van der Waals surface area (Å²) in [6.45, 7) is 0. The van der Waals surface area contributed by atoms with E-state index in [0.29, 0.717) is 11.6 Å². The predicted octanol–water partition coefficient (Wildman–Crippen LogP) is 3.41. The van der Waals surface area contributed by atoms with E-state index in [-0.39, 0.29) is 5.91 Å². The molecule has 18 heavy (non-hydrogen) atoms. The lowest BCUT2D eigenvalue weighted by atomic mass is 10.2. The molecule has 0 radical (unpaired) electrons. The van der Waals surface area contributed by atoms with Crippen LogP contribution in [-0.2, 0) is 0 Å². The lowest BCUT2D eigenvalue weighted by Gasteiger charge is -2.01. The van der Waals surface area contributed by atoms with Crippen LogP contribution in [0.25, 0.3) is 0 Å². The van der Waals surface area contributed by atoms with Crippen LogP contribution >= 0.6 is 22.6 Å². The van der Waals surface area contributed by atoms with E-state index >= 15 is 0 Å². The van der Waals surface area contributed by atoms with Gasteiger partial charge in [0.2, 0.25) is 0 Å². The first-order chi connectivity index (χ1) is 8.72. The lowest BCUT2D eigenvalue weighted by Crippen LogP contribution is -2.12. The van der Waals surface area contributed by atoms with Crippen molar-refractivity contribution >= 4 is 34.2 Å². The first-order valence-corrected chi connectivity index (χ1v) is 6.84. The highest BCUT2D eigenvalue weighted by Crippen LogP contribution is 2.40. The summed E-state index contributed by atoms with van der Waals surface area (Å²) in [7, 11) is 0. The highest BCUT2D eigenvalue weighted by atomic mass is 127. The smallest absolute Gasteiger partial charge is 0.277 e. The second kappa shape index (κ2) is 4.72. The third kappa shape index (κ3) is 2.55. The fourth-order valence-electron chi connectivity index (χ4n) is 1.68. The number of carbonyl (C=O) groups is 1. The van der Waals surface area contributed by atoms with E-state index in [0.717, 1.165) is 27.9 Å². The predicted molar refractivity (Wildman–Crippen MR) is 75.6 cm³/mol. The van der Waals surface area contributed by atoms with Gasteiger partial charge in [-0.2, -0.15) is 0 Å². The second-order valence-electron chi connectivity index (χ2n) is 4.35. The molecule has 0 atom stereocenters. The maximum Gasteiger partial charge on any atom is 0.277 e. The maximum absolute atomic E-state index is 11.9. The Labute approximate surface area is 118 Å². The maximum atomic E-state index is 11.9. The Hall–Kier alpha value is -1.37. The fourth-order valence-corrected chi connectivity index (χ4v) is 2.04. The Morgan fingerprint density at radius 2 is 2.06 bits per heavy atom. The zero-order valence-electron chi connectivity index (χ0n) is 9.52. The van der Waals surface area contributed by atoms with Crippen LogP contribution in [-0.4, -0.2) is 11.1 Å². The molecule has 1 fully saturated rings. The molecule has 3 rings (SSSR count). The van der Waals surface area contributed by atoms with Gasteiger partial charge in [-0.3, -0.25) is 4.79 Å². The summed E-state index contributed by atoms with van der Waals surface area (Å²) in [5, 5.41) is 6.60. The van der Waals surface area contributed by atoms with Crippen LogP contribution in [0.4, 0.5) is 5.69 Å². The molecule has 0 unspecified atom stereocenters. The van der Waals surface area contributed by atoms with Crippen LogP contribution in [0.1, 0.15) is 35.0 Å². The molecule has 0 bridgehead atoms. The van der Waals surface area contributed by atoms with Crippen molar-refractivity contribution in [3.8, 4) is 0 Å². The summed E-state index contributed by atoms with van der Waals surface area (Å²) in [5.41, 5.74) is 1.10. The molecular formula is C13H11IN2O2. The van der Waals surface area contributed by atoms with Gasteiger partial charge in [0.05, 0.1) is 0 Å². The van der Waals surface area contributed by atoms with Gasteiger partial charge in [-0.05, 0) is 59.7 Å². The minimum absolute atomic E-state index is 0.230. The molecule has 92 valence electrons. The molecule has 1 amide bonds. The third-order valence-corrected chi connectivity index (χ3v) is 3.56. The van der Waals surface area contributed by atoms with E-state index < -0.39 is 0 Å². The second-order valence-corrected chi connectivity index (χ2v) is 5.60. The number of nitrogens with one attached hydrogen (secondary N) is 1. The molecule has 1 heterocycles. The molecule has 0 spiro atoms. The molecule has 1 aliphatic carbocycles. The molecule has 1 saturated carbocycles. The van der Waals surface area contributed by atoms with Crippen LogP contribution in [0.3, 0.4) is 0 Å². The SMILES string of the molecule is O=C(Nc1ccc(I)cc1)c1cc(C2CC2)on1. The van der Waals surface area contributed by atoms with Crippen molar-refractivity contribution in [3.05, 3.63) is 45.4 Å². The van der Waals surface area contributed by atoms with E-state index in [1.165, 1.54) is 0 Å². The van der Waals surface area contributed by atoms with Gasteiger partial charge in [-0.15, -0.1) is 0 Å². The number of hydrogen-bond acceptors (Lipinski definition) is 3. The Morgan fingerprint density at radius 1 is 1.33 bits per heavy atom. The number of nitrogens with zero attached hydrogens (tertiary/aromatic N) is 1. The number of carbonyl (C=O) groups excluding carboxylic acids is 1. The average molecular weight is 354 g/mol. The number of benzene rings is 1. The Balaban J connectivity index is 1.71. The highest BCUT2D eigenvalue weighted by molar-refractivity contribution is 14.1. The molecule has 0 saturated heterocycles. The minimum Gasteiger partial charge on any atom is -0.360 e. The largest absolute Gasteiger partial charge is 0.360 e. The van der Waals surface area contributed by atoms with Gasteiger partial charge in [0.1, 0.15) is 5.76 Å². The normalized spacial score (nSPS) is 14.5. The molecule has 0 aliphatic heterocycles. The first kappa shape index (κ1) is 11.7. The standard InChI is InChI=1S/C13H11IN2O2/c14-9-3-5-10(6-4-9)15-13(17)11-7-12(18-16-11)8-1-2-8/h3-8H,1-2H2,(H,15,17). The van der Waals surface area contributed by atoms with E-state index in [4.69, 9.17) is 4.52 Å². The van der Waals surface area contributed by atoms with Gasteiger partial charge in [0.25, 0.3) is 5.91 Å². The van der Waals surface area contributed by atoms with Crippen LogP contribution < -0.4 is 5.32 Å². The number of anilines is 1. The molecule has 4 nitrogen and oxygen atoms in total. The van der Waals surface area contributed by atoms with Crippen molar-refractivity contribution in [2.45, 2.75) is 18.8 Å². The number of rotatable bonds is 3. The van der Waals surface area contributed by atoms with E-state index in [9.17, 15) is 4.79 Å². The van der Waals surface area contributed by atoms with Crippen molar-refractivity contribution in [2.75, 3.05) is 5.32 Å². The quantitative estimate of drug-likeness (QED) is 0.860. The zero-order chi connectivity index (χ0) is 12.5. The summed E-state index contributed by atoms with van der Waals surface area (Å²) in [4.78, 5) is 11.9. The fraction of sp³-hybridized carbons (Fsp3) is 0.231. The zero-order valence-corrected chi connectivity index (χ0v) is 11.7. The number of aromatic nitrogens is 1. The lowest BCUT2D eigenvalue weighted by molar-refractivity contribution is 0.101. The number of amides is 1. The average Bonchev–Trinajstić information content (AvgIpc) is 3.10. The highest BCUT2D eigenvalue weighted by Gasteiger charge is 2.28. The van der Waals surface area contributed by atoms with Crippen molar-refractivity contribution in [1.82, 2.24) is 5.16 Å². The topological polar surface area (TPSA) is 55.1 Å². The summed E-state index contributed by atoms with van der Waals surface area (Å²) in [6.07, 6.45) is 2.26. The van der Waals surface area contributed by atoms with Crippen LogP contribution in [0.15, 0.2) is 34.9 Å². The molecule has 1 aromatic carbocycles. The Morgan fingerprint density at radius 3 is 2.72 bits per heavy atom. The molecular weight excluding hydrogens is 343 g/mol. The number of hydrogen-bond donors (Lipinski definition) is 1. The van der Waals surface area contributed by atoms with Gasteiger partial charge in [-0.25, -0.2) is 0 Å². The van der Waals surface area contributed by atoms with Crippen molar-refractivity contribution < 1.29 is 9.32 Å². The van der Waals surface area contributed by atoms with Crippen LogP contribution in [0.2, 0.25) is 0 Å². The van der Waals surface area contributed by atoms with Crippen molar-refractivity contribution in [2.24, 2.45) is 0 Å². The van der Waals surface area contributed by atoms with E-state index in [1.54, 1.807) is 6.07 Å². The monoisotopic (exact) mass is 354 g/mol. The van der Waals surface area contributed by atoms with Gasteiger partial charge < -0.3 is 9.84 Å². The van der Waals surface area contributed by atoms with Gasteiger partial charge >= 0.3 is 0 Å². The molecule has 1 aliphatic rings. The van der Waals surface area contributed by atoms with Gasteiger partial charge in [0.15, 0.2) is 5.69 Å². The Bertz CT molecular complexity index is 573. The summed E-state index contributed by atoms with van der Waals surface area (Å²) in [5.74, 6) is 1.06. The molecule has 2 aromatic rings. The summed E-state index contributed by atoms with van der Waals surface area (Å²) >= 11 is 2.22. The number of halogens is 1. The van der Waals surface area contributed by atoms with Gasteiger partial charge in [-0.1, -0.05) is 5.16 Å². The van der Waals surface area contributed by atoms with E-state index in [1.807, 2.05) is 24.3 Å². The van der Waals surface area contributed by atoms with E-state index in [2.05, 4.69) is 33.1 Å². The van der Waals surface area contributed by atoms with Gasteiger partial charge in [0, 0.05) is 21.2 Å². The minimum atomic E-state index is -0.230. The summed E-state index contributed by atoms with van der Waals surface area (Å²) in [6, 6.07) is 9.34.